The molecule has 1 aliphatic heterocycles. The third-order valence-electron chi connectivity index (χ3n) is 5.72. The van der Waals surface area contributed by atoms with Gasteiger partial charge in [-0.3, -0.25) is 0 Å². The minimum Gasteiger partial charge on any atom is -0.495 e. The molecule has 0 aromatic heterocycles. The Morgan fingerprint density at radius 1 is 0.867 bits per heavy atom. The maximum absolute atomic E-state index is 5.70. The van der Waals surface area contributed by atoms with Crippen molar-refractivity contribution in [2.45, 2.75) is 6.04 Å². The molecule has 3 aromatic rings. The van der Waals surface area contributed by atoms with Crippen LogP contribution >= 0.6 is 12.2 Å². The first-order chi connectivity index (χ1) is 14.8. The van der Waals surface area contributed by atoms with E-state index in [0.29, 0.717) is 6.04 Å². The predicted octanol–water partition coefficient (Wildman–Crippen LogP) is 3.38. The number of benzene rings is 3. The van der Waals surface area contributed by atoms with Gasteiger partial charge in [-0.05, 0) is 24.4 Å². The summed E-state index contributed by atoms with van der Waals surface area (Å²) in [6.45, 7) is 3.91. The number of hydrogen-bond acceptors (Lipinski definition) is 2. The van der Waals surface area contributed by atoms with Crippen LogP contribution in [0, 0.1) is 0 Å². The van der Waals surface area contributed by atoms with Crippen molar-refractivity contribution in [1.29, 1.82) is 0 Å². The maximum Gasteiger partial charge on any atom is 0.173 e. The van der Waals surface area contributed by atoms with Crippen molar-refractivity contribution < 1.29 is 9.64 Å². The molecule has 1 aliphatic rings. The van der Waals surface area contributed by atoms with Gasteiger partial charge in [0.1, 0.15) is 11.8 Å². The molecule has 0 aliphatic carbocycles. The highest BCUT2D eigenvalue weighted by Crippen LogP contribution is 2.24. The number of nitrogens with one attached hydrogen (secondary N) is 2. The Labute approximate surface area is 184 Å². The average Bonchev–Trinajstić information content (AvgIpc) is 2.81. The lowest BCUT2D eigenvalue weighted by Gasteiger charge is -2.38. The fourth-order valence-electron chi connectivity index (χ4n) is 4.18. The predicted molar refractivity (Wildman–Crippen MR) is 126 cm³/mol. The molecule has 4 nitrogen and oxygen atoms in total. The number of para-hydroxylation sites is 2. The van der Waals surface area contributed by atoms with Crippen molar-refractivity contribution in [1.82, 2.24) is 4.90 Å². The van der Waals surface area contributed by atoms with Gasteiger partial charge in [0.05, 0.1) is 39.0 Å². The van der Waals surface area contributed by atoms with Gasteiger partial charge >= 0.3 is 0 Å². The first kappa shape index (κ1) is 20.4. The minimum absolute atomic E-state index is 0.338. The average molecular weight is 419 g/mol. The molecule has 0 bridgehead atoms. The van der Waals surface area contributed by atoms with Gasteiger partial charge in [0.2, 0.25) is 0 Å². The SMILES string of the molecule is COc1ccccc1NC(=S)N1CC[NH+](C(c2ccccc2)c2ccccc2)CC1. The molecule has 0 amide bonds. The Morgan fingerprint density at radius 2 is 1.40 bits per heavy atom. The van der Waals surface area contributed by atoms with E-state index in [1.165, 1.54) is 11.1 Å². The van der Waals surface area contributed by atoms with Crippen LogP contribution in [0.15, 0.2) is 84.9 Å². The molecule has 154 valence electrons. The molecule has 30 heavy (non-hydrogen) atoms. The van der Waals surface area contributed by atoms with E-state index in [9.17, 15) is 0 Å². The zero-order valence-electron chi connectivity index (χ0n) is 17.3. The van der Waals surface area contributed by atoms with Gasteiger partial charge in [-0.1, -0.05) is 72.8 Å². The zero-order chi connectivity index (χ0) is 20.8. The Morgan fingerprint density at radius 3 is 1.97 bits per heavy atom. The monoisotopic (exact) mass is 418 g/mol. The van der Waals surface area contributed by atoms with Crippen LogP contribution in [0.4, 0.5) is 5.69 Å². The highest BCUT2D eigenvalue weighted by Gasteiger charge is 2.30. The van der Waals surface area contributed by atoms with Crippen molar-refractivity contribution >= 4 is 23.0 Å². The number of quaternary nitrogens is 1. The second kappa shape index (κ2) is 9.74. The molecule has 3 aromatic carbocycles. The summed E-state index contributed by atoms with van der Waals surface area (Å²) in [5.74, 6) is 0.803. The van der Waals surface area contributed by atoms with E-state index in [0.717, 1.165) is 42.7 Å². The Bertz CT molecular complexity index is 917. The van der Waals surface area contributed by atoms with E-state index < -0.39 is 0 Å². The fraction of sp³-hybridized carbons (Fsp3) is 0.240. The van der Waals surface area contributed by atoms with Gasteiger partial charge in [0.15, 0.2) is 5.11 Å². The van der Waals surface area contributed by atoms with Crippen LogP contribution in [0.2, 0.25) is 0 Å². The van der Waals surface area contributed by atoms with E-state index in [2.05, 4.69) is 70.9 Å². The molecule has 0 saturated carbocycles. The lowest BCUT2D eigenvalue weighted by Crippen LogP contribution is -3.15. The number of rotatable bonds is 5. The van der Waals surface area contributed by atoms with Gasteiger partial charge in [-0.2, -0.15) is 0 Å². The zero-order valence-corrected chi connectivity index (χ0v) is 18.1. The Kier molecular flexibility index (Phi) is 6.62. The first-order valence-corrected chi connectivity index (χ1v) is 10.8. The first-order valence-electron chi connectivity index (χ1n) is 10.4. The molecule has 1 saturated heterocycles. The minimum atomic E-state index is 0.338. The summed E-state index contributed by atoms with van der Waals surface area (Å²) in [7, 11) is 1.68. The van der Waals surface area contributed by atoms with E-state index in [1.807, 2.05) is 24.3 Å². The molecule has 1 heterocycles. The van der Waals surface area contributed by atoms with E-state index in [-0.39, 0.29) is 0 Å². The summed E-state index contributed by atoms with van der Waals surface area (Å²) in [5, 5.41) is 4.12. The van der Waals surface area contributed by atoms with E-state index >= 15 is 0 Å². The number of ether oxygens (including phenoxy) is 1. The molecular weight excluding hydrogens is 390 g/mol. The van der Waals surface area contributed by atoms with Gasteiger partial charge in [0, 0.05) is 11.1 Å². The number of anilines is 1. The summed E-state index contributed by atoms with van der Waals surface area (Å²) in [6, 6.07) is 29.9. The number of hydrogen-bond donors (Lipinski definition) is 2. The van der Waals surface area contributed by atoms with Crippen LogP contribution in [0.5, 0.6) is 5.75 Å². The van der Waals surface area contributed by atoms with Crippen molar-refractivity contribution in [2.75, 3.05) is 38.6 Å². The molecule has 2 N–H and O–H groups in total. The van der Waals surface area contributed by atoms with Gasteiger partial charge in [0.25, 0.3) is 0 Å². The molecule has 0 atom stereocenters. The second-order valence-corrected chi connectivity index (χ2v) is 7.92. The molecule has 0 unspecified atom stereocenters. The highest BCUT2D eigenvalue weighted by molar-refractivity contribution is 7.80. The van der Waals surface area contributed by atoms with Gasteiger partial charge < -0.3 is 19.9 Å². The van der Waals surface area contributed by atoms with Crippen molar-refractivity contribution in [3.05, 3.63) is 96.1 Å². The molecule has 1 fully saturated rings. The van der Waals surface area contributed by atoms with Gasteiger partial charge in [-0.15, -0.1) is 0 Å². The largest absolute Gasteiger partial charge is 0.495 e. The van der Waals surface area contributed by atoms with Crippen LogP contribution in [0.25, 0.3) is 0 Å². The van der Waals surface area contributed by atoms with Crippen molar-refractivity contribution in [3.8, 4) is 5.75 Å². The fourth-order valence-corrected chi connectivity index (χ4v) is 4.48. The topological polar surface area (TPSA) is 28.9 Å². The van der Waals surface area contributed by atoms with Crippen LogP contribution < -0.4 is 15.0 Å². The highest BCUT2D eigenvalue weighted by atomic mass is 32.1. The van der Waals surface area contributed by atoms with E-state index in [4.69, 9.17) is 17.0 Å². The molecular formula is C25H28N3OS+. The third-order valence-corrected chi connectivity index (χ3v) is 6.08. The lowest BCUT2D eigenvalue weighted by molar-refractivity contribution is -0.929. The quantitative estimate of drug-likeness (QED) is 0.622. The van der Waals surface area contributed by atoms with Crippen LogP contribution in [0.1, 0.15) is 17.2 Å². The maximum atomic E-state index is 5.70. The summed E-state index contributed by atoms with van der Waals surface area (Å²) in [5.41, 5.74) is 3.63. The van der Waals surface area contributed by atoms with Crippen molar-refractivity contribution in [3.63, 3.8) is 0 Å². The standard InChI is InChI=1S/C25H27N3OS/c1-29-23-15-9-8-14-22(23)26-25(30)28-18-16-27(17-19-28)24(20-10-4-2-5-11-20)21-12-6-3-7-13-21/h2-15,24H,16-19H2,1H3,(H,26,30)/p+1. The molecule has 0 radical (unpaired) electrons. The summed E-state index contributed by atoms with van der Waals surface area (Å²) in [4.78, 5) is 3.84. The lowest BCUT2D eigenvalue weighted by atomic mass is 9.96. The number of methoxy groups -OCH3 is 1. The van der Waals surface area contributed by atoms with E-state index in [1.54, 1.807) is 12.0 Å². The Hall–Kier alpha value is -2.89. The smallest absolute Gasteiger partial charge is 0.173 e. The molecule has 4 rings (SSSR count). The van der Waals surface area contributed by atoms with Crippen molar-refractivity contribution in [2.24, 2.45) is 0 Å². The normalized spacial score (nSPS) is 14.5. The summed E-state index contributed by atoms with van der Waals surface area (Å²) >= 11 is 5.70. The van der Waals surface area contributed by atoms with Crippen LogP contribution in [0.3, 0.4) is 0 Å². The third kappa shape index (κ3) is 4.64. The Balaban J connectivity index is 1.45. The summed E-state index contributed by atoms with van der Waals surface area (Å²) in [6.07, 6.45) is 0. The number of nitrogens with zero attached hydrogens (tertiary/aromatic N) is 1. The summed E-state index contributed by atoms with van der Waals surface area (Å²) < 4.78 is 5.44. The number of piperazine rings is 1. The van der Waals surface area contributed by atoms with Crippen LogP contribution in [-0.2, 0) is 0 Å². The second-order valence-electron chi connectivity index (χ2n) is 7.53. The van der Waals surface area contributed by atoms with Gasteiger partial charge in [-0.25, -0.2) is 0 Å². The molecule has 5 heteroatoms. The molecule has 0 spiro atoms. The number of thiocarbonyl (C=S) groups is 1. The van der Waals surface area contributed by atoms with Crippen LogP contribution in [-0.4, -0.2) is 43.3 Å².